The van der Waals surface area contributed by atoms with Crippen LogP contribution in [0.25, 0.3) is 11.1 Å². The van der Waals surface area contributed by atoms with Crippen LogP contribution in [-0.4, -0.2) is 16.3 Å². The molecule has 108 valence electrons. The number of aromatic nitrogens is 2. The lowest BCUT2D eigenvalue weighted by atomic mass is 9.98. The van der Waals surface area contributed by atoms with Crippen molar-refractivity contribution in [2.24, 2.45) is 0 Å². The number of nitrogens with one attached hydrogen (secondary N) is 1. The van der Waals surface area contributed by atoms with Crippen molar-refractivity contribution < 1.29 is 0 Å². The van der Waals surface area contributed by atoms with E-state index < -0.39 is 0 Å². The molecule has 20 heavy (non-hydrogen) atoms. The number of benzene rings is 1. The summed E-state index contributed by atoms with van der Waals surface area (Å²) < 4.78 is 2.11. The molecule has 2 rings (SSSR count). The van der Waals surface area contributed by atoms with Crippen LogP contribution >= 0.6 is 0 Å². The Kier molecular flexibility index (Phi) is 4.96. The van der Waals surface area contributed by atoms with Gasteiger partial charge in [0.2, 0.25) is 0 Å². The highest BCUT2D eigenvalue weighted by Gasteiger charge is 2.12. The molecule has 0 unspecified atom stereocenters. The SMILES string of the molecule is CCCn1ncc(-c2cc(C)ccc2CNCC)c1C. The molecule has 0 spiro atoms. The van der Waals surface area contributed by atoms with E-state index in [9.17, 15) is 0 Å². The van der Waals surface area contributed by atoms with Gasteiger partial charge in [0.05, 0.1) is 6.20 Å². The van der Waals surface area contributed by atoms with Crippen molar-refractivity contribution in [2.45, 2.75) is 47.2 Å². The van der Waals surface area contributed by atoms with Crippen LogP contribution in [-0.2, 0) is 13.1 Å². The Morgan fingerprint density at radius 3 is 2.65 bits per heavy atom. The van der Waals surface area contributed by atoms with E-state index in [0.717, 1.165) is 26.1 Å². The molecule has 1 heterocycles. The first-order valence-corrected chi connectivity index (χ1v) is 7.50. The first-order valence-electron chi connectivity index (χ1n) is 7.50. The Bertz CT molecular complexity index is 570. The van der Waals surface area contributed by atoms with Gasteiger partial charge in [-0.1, -0.05) is 37.6 Å². The summed E-state index contributed by atoms with van der Waals surface area (Å²) in [5, 5.41) is 7.95. The molecule has 0 amide bonds. The smallest absolute Gasteiger partial charge is 0.0571 e. The summed E-state index contributed by atoms with van der Waals surface area (Å²) in [6.45, 7) is 11.5. The predicted molar refractivity (Wildman–Crippen MR) is 84.8 cm³/mol. The van der Waals surface area contributed by atoms with Gasteiger partial charge in [0.15, 0.2) is 0 Å². The van der Waals surface area contributed by atoms with Crippen LogP contribution in [0.5, 0.6) is 0 Å². The Morgan fingerprint density at radius 1 is 1.15 bits per heavy atom. The molecule has 1 aromatic heterocycles. The van der Waals surface area contributed by atoms with Crippen molar-refractivity contribution in [3.63, 3.8) is 0 Å². The highest BCUT2D eigenvalue weighted by Crippen LogP contribution is 2.28. The van der Waals surface area contributed by atoms with Crippen LogP contribution in [0.2, 0.25) is 0 Å². The molecular weight excluding hydrogens is 246 g/mol. The fourth-order valence-electron chi connectivity index (χ4n) is 2.50. The number of hydrogen-bond acceptors (Lipinski definition) is 2. The lowest BCUT2D eigenvalue weighted by molar-refractivity contribution is 0.587. The number of aryl methyl sites for hydroxylation is 2. The molecule has 0 aliphatic carbocycles. The molecule has 1 N–H and O–H groups in total. The molecule has 0 aliphatic heterocycles. The van der Waals surface area contributed by atoms with Crippen LogP contribution in [0.4, 0.5) is 0 Å². The van der Waals surface area contributed by atoms with Gasteiger partial charge in [0.1, 0.15) is 0 Å². The zero-order chi connectivity index (χ0) is 14.5. The van der Waals surface area contributed by atoms with Crippen LogP contribution in [0.15, 0.2) is 24.4 Å². The molecule has 3 nitrogen and oxygen atoms in total. The standard InChI is InChI=1S/C17H25N3/c1-5-9-20-14(4)17(12-19-20)16-10-13(3)7-8-15(16)11-18-6-2/h7-8,10,12,18H,5-6,9,11H2,1-4H3. The lowest BCUT2D eigenvalue weighted by Gasteiger charge is -2.11. The van der Waals surface area contributed by atoms with E-state index in [2.05, 4.69) is 61.0 Å². The zero-order valence-corrected chi connectivity index (χ0v) is 13.0. The number of hydrogen-bond donors (Lipinski definition) is 1. The minimum Gasteiger partial charge on any atom is -0.313 e. The summed E-state index contributed by atoms with van der Waals surface area (Å²) in [5.41, 5.74) is 6.47. The van der Waals surface area contributed by atoms with Gasteiger partial charge in [-0.25, -0.2) is 0 Å². The molecule has 3 heteroatoms. The Morgan fingerprint density at radius 2 is 1.95 bits per heavy atom. The van der Waals surface area contributed by atoms with E-state index in [0.29, 0.717) is 0 Å². The molecule has 0 aliphatic rings. The van der Waals surface area contributed by atoms with E-state index in [1.807, 2.05) is 6.20 Å². The maximum absolute atomic E-state index is 4.53. The fourth-order valence-corrected chi connectivity index (χ4v) is 2.50. The van der Waals surface area contributed by atoms with Gasteiger partial charge in [-0.3, -0.25) is 4.68 Å². The Labute approximate surface area is 122 Å². The van der Waals surface area contributed by atoms with Crippen LogP contribution in [0.1, 0.15) is 37.1 Å². The summed E-state index contributed by atoms with van der Waals surface area (Å²) in [5.74, 6) is 0. The highest BCUT2D eigenvalue weighted by atomic mass is 15.3. The van der Waals surface area contributed by atoms with Gasteiger partial charge in [0.25, 0.3) is 0 Å². The van der Waals surface area contributed by atoms with Crippen molar-refractivity contribution >= 4 is 0 Å². The van der Waals surface area contributed by atoms with Crippen LogP contribution in [0, 0.1) is 13.8 Å². The maximum Gasteiger partial charge on any atom is 0.0571 e. The lowest BCUT2D eigenvalue weighted by Crippen LogP contribution is -2.12. The first kappa shape index (κ1) is 14.8. The molecule has 0 radical (unpaired) electrons. The predicted octanol–water partition coefficient (Wildman–Crippen LogP) is 3.69. The quantitative estimate of drug-likeness (QED) is 0.868. The Balaban J connectivity index is 2.42. The van der Waals surface area contributed by atoms with Gasteiger partial charge < -0.3 is 5.32 Å². The summed E-state index contributed by atoms with van der Waals surface area (Å²) in [7, 11) is 0. The second kappa shape index (κ2) is 6.71. The summed E-state index contributed by atoms with van der Waals surface area (Å²) in [6, 6.07) is 6.68. The fraction of sp³-hybridized carbons (Fsp3) is 0.471. The maximum atomic E-state index is 4.53. The van der Waals surface area contributed by atoms with Gasteiger partial charge in [-0.15, -0.1) is 0 Å². The third-order valence-electron chi connectivity index (χ3n) is 3.66. The second-order valence-electron chi connectivity index (χ2n) is 5.31. The normalized spacial score (nSPS) is 11.0. The minimum absolute atomic E-state index is 0.907. The molecule has 0 fully saturated rings. The Hall–Kier alpha value is -1.61. The monoisotopic (exact) mass is 271 g/mol. The van der Waals surface area contributed by atoms with E-state index in [-0.39, 0.29) is 0 Å². The third-order valence-corrected chi connectivity index (χ3v) is 3.66. The molecule has 0 saturated heterocycles. The highest BCUT2D eigenvalue weighted by molar-refractivity contribution is 5.69. The van der Waals surface area contributed by atoms with Crippen molar-refractivity contribution in [3.05, 3.63) is 41.2 Å². The summed E-state index contributed by atoms with van der Waals surface area (Å²) in [6.07, 6.45) is 3.12. The summed E-state index contributed by atoms with van der Waals surface area (Å²) in [4.78, 5) is 0. The van der Waals surface area contributed by atoms with Gasteiger partial charge in [-0.05, 0) is 37.9 Å². The summed E-state index contributed by atoms with van der Waals surface area (Å²) >= 11 is 0. The molecule has 0 saturated carbocycles. The van der Waals surface area contributed by atoms with Crippen molar-refractivity contribution in [1.82, 2.24) is 15.1 Å². The topological polar surface area (TPSA) is 29.9 Å². The van der Waals surface area contributed by atoms with E-state index >= 15 is 0 Å². The average Bonchev–Trinajstić information content (AvgIpc) is 2.79. The van der Waals surface area contributed by atoms with Crippen molar-refractivity contribution in [3.8, 4) is 11.1 Å². The molecule has 2 aromatic rings. The van der Waals surface area contributed by atoms with Gasteiger partial charge >= 0.3 is 0 Å². The van der Waals surface area contributed by atoms with E-state index in [1.54, 1.807) is 0 Å². The van der Waals surface area contributed by atoms with Gasteiger partial charge in [-0.2, -0.15) is 5.10 Å². The molecule has 0 atom stereocenters. The van der Waals surface area contributed by atoms with Crippen molar-refractivity contribution in [2.75, 3.05) is 6.54 Å². The zero-order valence-electron chi connectivity index (χ0n) is 13.0. The molecular formula is C17H25N3. The van der Waals surface area contributed by atoms with Crippen LogP contribution in [0.3, 0.4) is 0 Å². The minimum atomic E-state index is 0.907. The average molecular weight is 271 g/mol. The largest absolute Gasteiger partial charge is 0.313 e. The second-order valence-corrected chi connectivity index (χ2v) is 5.31. The van der Waals surface area contributed by atoms with Crippen LogP contribution < -0.4 is 5.32 Å². The van der Waals surface area contributed by atoms with E-state index in [1.165, 1.54) is 27.9 Å². The number of rotatable bonds is 6. The van der Waals surface area contributed by atoms with E-state index in [4.69, 9.17) is 0 Å². The molecule has 1 aromatic carbocycles. The molecule has 0 bridgehead atoms. The van der Waals surface area contributed by atoms with Crippen molar-refractivity contribution in [1.29, 1.82) is 0 Å². The third kappa shape index (κ3) is 3.10. The van der Waals surface area contributed by atoms with Gasteiger partial charge in [0, 0.05) is 24.3 Å². The first-order chi connectivity index (χ1) is 9.67. The number of nitrogens with zero attached hydrogens (tertiary/aromatic N) is 2.